The van der Waals surface area contributed by atoms with Crippen LogP contribution in [-0.2, 0) is 9.53 Å². The van der Waals surface area contributed by atoms with E-state index in [4.69, 9.17) is 14.2 Å². The molecule has 1 heterocycles. The number of esters is 1. The van der Waals surface area contributed by atoms with Gasteiger partial charge in [-0.2, -0.15) is 0 Å². The summed E-state index contributed by atoms with van der Waals surface area (Å²) >= 11 is 0. The number of rotatable bonds is 9. The Morgan fingerprint density at radius 1 is 0.857 bits per heavy atom. The van der Waals surface area contributed by atoms with Gasteiger partial charge in [-0.05, 0) is 75.2 Å². The third-order valence-corrected chi connectivity index (χ3v) is 5.88. The summed E-state index contributed by atoms with van der Waals surface area (Å²) in [5, 5.41) is 2.48. The summed E-state index contributed by atoms with van der Waals surface area (Å²) in [4.78, 5) is 37.3. The fraction of sp³-hybridized carbons (Fsp3) is 0.296. The van der Waals surface area contributed by atoms with Gasteiger partial charge in [-0.1, -0.05) is 6.07 Å². The number of hydrogen-bond acceptors (Lipinski definition) is 6. The van der Waals surface area contributed by atoms with E-state index in [1.54, 1.807) is 18.2 Å². The molecular weight excluding hydrogens is 448 g/mol. The van der Waals surface area contributed by atoms with Gasteiger partial charge in [0.25, 0.3) is 5.91 Å². The molecule has 0 bridgehead atoms. The average Bonchev–Trinajstić information content (AvgIpc) is 3.15. The molecule has 35 heavy (non-hydrogen) atoms. The number of Topliss-reactive ketones (excluding diaryl/α,β-unsaturated/α-hetero) is 1. The zero-order chi connectivity index (χ0) is 25.7. The molecule has 0 fully saturated rings. The Morgan fingerprint density at radius 2 is 1.57 bits per heavy atom. The van der Waals surface area contributed by atoms with Gasteiger partial charge < -0.3 is 24.1 Å². The normalized spacial score (nSPS) is 10.6. The third-order valence-electron chi connectivity index (χ3n) is 5.88. The molecular formula is C27H30N2O6. The molecule has 8 nitrogen and oxygen atoms in total. The first-order valence-corrected chi connectivity index (χ1v) is 11.1. The highest BCUT2D eigenvalue weighted by Gasteiger charge is 2.19. The summed E-state index contributed by atoms with van der Waals surface area (Å²) in [7, 11) is 2.96. The van der Waals surface area contributed by atoms with Crippen LogP contribution in [0.25, 0.3) is 5.69 Å². The minimum atomic E-state index is -0.713. The van der Waals surface area contributed by atoms with Crippen LogP contribution in [0.3, 0.4) is 0 Å². The van der Waals surface area contributed by atoms with Crippen molar-refractivity contribution in [1.82, 2.24) is 9.88 Å². The Labute approximate surface area is 204 Å². The second kappa shape index (κ2) is 10.9. The van der Waals surface area contributed by atoms with Crippen LogP contribution < -0.4 is 14.8 Å². The molecule has 1 amide bonds. The van der Waals surface area contributed by atoms with Gasteiger partial charge in [0.1, 0.15) is 6.54 Å². The summed E-state index contributed by atoms with van der Waals surface area (Å²) in [6, 6.07) is 12.6. The maximum atomic E-state index is 12.8. The Hall–Kier alpha value is -4.07. The molecule has 1 aromatic heterocycles. The molecule has 184 valence electrons. The molecule has 0 aliphatic carbocycles. The monoisotopic (exact) mass is 478 g/mol. The summed E-state index contributed by atoms with van der Waals surface area (Å²) < 4.78 is 17.4. The number of aromatic nitrogens is 1. The molecule has 0 aliphatic heterocycles. The second-order valence-electron chi connectivity index (χ2n) is 8.23. The van der Waals surface area contributed by atoms with Crippen molar-refractivity contribution in [2.75, 3.05) is 27.4 Å². The van der Waals surface area contributed by atoms with Crippen molar-refractivity contribution < 1.29 is 28.6 Å². The van der Waals surface area contributed by atoms with E-state index >= 15 is 0 Å². The third kappa shape index (κ3) is 5.71. The van der Waals surface area contributed by atoms with Crippen molar-refractivity contribution >= 4 is 17.7 Å². The highest BCUT2D eigenvalue weighted by Crippen LogP contribution is 2.27. The molecule has 0 saturated carbocycles. The summed E-state index contributed by atoms with van der Waals surface area (Å²) in [6.45, 7) is 7.09. The van der Waals surface area contributed by atoms with Crippen LogP contribution in [-0.4, -0.2) is 49.6 Å². The summed E-state index contributed by atoms with van der Waals surface area (Å²) in [6.07, 6.45) is 0. The quantitative estimate of drug-likeness (QED) is 0.370. The number of nitrogens with zero attached hydrogens (tertiary/aromatic N) is 1. The number of nitrogens with one attached hydrogen (secondary N) is 1. The van der Waals surface area contributed by atoms with Crippen molar-refractivity contribution in [2.45, 2.75) is 27.7 Å². The number of amides is 1. The van der Waals surface area contributed by atoms with E-state index in [-0.39, 0.29) is 12.3 Å². The van der Waals surface area contributed by atoms with Gasteiger partial charge in [0, 0.05) is 28.2 Å². The molecule has 0 atom stereocenters. The van der Waals surface area contributed by atoms with Crippen LogP contribution in [0.4, 0.5) is 0 Å². The van der Waals surface area contributed by atoms with Crippen molar-refractivity contribution in [3.05, 3.63) is 76.1 Å². The smallest absolute Gasteiger partial charge is 0.325 e. The molecule has 0 unspecified atom stereocenters. The van der Waals surface area contributed by atoms with Crippen LogP contribution >= 0.6 is 0 Å². The molecule has 8 heteroatoms. The largest absolute Gasteiger partial charge is 0.493 e. The number of ketones is 1. The molecule has 3 rings (SSSR count). The van der Waals surface area contributed by atoms with Gasteiger partial charge in [0.15, 0.2) is 18.1 Å². The predicted molar refractivity (Wildman–Crippen MR) is 132 cm³/mol. The molecule has 0 spiro atoms. The number of carbonyl (C=O) groups is 3. The topological polar surface area (TPSA) is 95.9 Å². The zero-order valence-electron chi connectivity index (χ0n) is 20.9. The lowest BCUT2D eigenvalue weighted by Crippen LogP contribution is -2.31. The first-order valence-electron chi connectivity index (χ1n) is 11.1. The highest BCUT2D eigenvalue weighted by atomic mass is 16.5. The van der Waals surface area contributed by atoms with E-state index in [0.717, 1.165) is 22.6 Å². The van der Waals surface area contributed by atoms with E-state index in [1.807, 2.05) is 44.4 Å². The number of aryl methyl sites for hydroxylation is 3. The summed E-state index contributed by atoms with van der Waals surface area (Å²) in [5.41, 5.74) is 5.78. The Bertz CT molecular complexity index is 1270. The first kappa shape index (κ1) is 25.6. The number of carbonyl (C=O) groups excluding carboxylic acids is 3. The fourth-order valence-corrected chi connectivity index (χ4v) is 3.81. The molecule has 1 N–H and O–H groups in total. The SMILES string of the molecule is COc1ccc(C(=O)NCC(=O)OCC(=O)c2cc(C)n(-c3ccc(C)c(C)c3)c2C)cc1OC. The predicted octanol–water partition coefficient (Wildman–Crippen LogP) is 3.88. The molecule has 0 aliphatic rings. The van der Waals surface area contributed by atoms with Crippen LogP contribution in [0.5, 0.6) is 11.5 Å². The number of methoxy groups -OCH3 is 2. The minimum Gasteiger partial charge on any atom is -0.493 e. The van der Waals surface area contributed by atoms with Crippen molar-refractivity contribution in [3.8, 4) is 17.2 Å². The lowest BCUT2D eigenvalue weighted by Gasteiger charge is -2.12. The van der Waals surface area contributed by atoms with Crippen molar-refractivity contribution in [1.29, 1.82) is 0 Å². The standard InChI is InChI=1S/C27H30N2O6/c1-16-7-9-21(11-17(16)2)29-18(3)12-22(19(29)4)23(30)15-35-26(31)14-28-27(32)20-8-10-24(33-5)25(13-20)34-6/h7-13H,14-15H2,1-6H3,(H,28,32). The van der Waals surface area contributed by atoms with E-state index < -0.39 is 18.5 Å². The lowest BCUT2D eigenvalue weighted by atomic mass is 10.1. The van der Waals surface area contributed by atoms with Crippen LogP contribution in [0, 0.1) is 27.7 Å². The number of benzene rings is 2. The molecule has 0 radical (unpaired) electrons. The highest BCUT2D eigenvalue weighted by molar-refractivity contribution is 6.00. The van der Waals surface area contributed by atoms with Crippen LogP contribution in [0.2, 0.25) is 0 Å². The Morgan fingerprint density at radius 3 is 2.23 bits per heavy atom. The van der Waals surface area contributed by atoms with Crippen molar-refractivity contribution in [3.63, 3.8) is 0 Å². The van der Waals surface area contributed by atoms with Gasteiger partial charge in [-0.3, -0.25) is 14.4 Å². The van der Waals surface area contributed by atoms with Gasteiger partial charge in [0.05, 0.1) is 14.2 Å². The van der Waals surface area contributed by atoms with Crippen LogP contribution in [0.1, 0.15) is 43.2 Å². The zero-order valence-corrected chi connectivity index (χ0v) is 20.9. The van der Waals surface area contributed by atoms with Gasteiger partial charge in [-0.15, -0.1) is 0 Å². The summed E-state index contributed by atoms with van der Waals surface area (Å²) in [5.74, 6) is -0.625. The van der Waals surface area contributed by atoms with Gasteiger partial charge in [0.2, 0.25) is 5.78 Å². The first-order chi connectivity index (χ1) is 16.7. The van der Waals surface area contributed by atoms with E-state index in [0.29, 0.717) is 22.6 Å². The lowest BCUT2D eigenvalue weighted by molar-refractivity contribution is -0.141. The minimum absolute atomic E-state index is 0.297. The molecule has 2 aromatic carbocycles. The van der Waals surface area contributed by atoms with E-state index in [1.165, 1.54) is 25.8 Å². The van der Waals surface area contributed by atoms with E-state index in [9.17, 15) is 14.4 Å². The number of hydrogen-bond donors (Lipinski definition) is 1. The van der Waals surface area contributed by atoms with Crippen molar-refractivity contribution in [2.24, 2.45) is 0 Å². The molecule has 3 aromatic rings. The molecule has 0 saturated heterocycles. The maximum Gasteiger partial charge on any atom is 0.325 e. The fourth-order valence-electron chi connectivity index (χ4n) is 3.81. The Balaban J connectivity index is 1.59. The Kier molecular flexibility index (Phi) is 7.96. The van der Waals surface area contributed by atoms with Gasteiger partial charge >= 0.3 is 5.97 Å². The van der Waals surface area contributed by atoms with Gasteiger partial charge in [-0.25, -0.2) is 0 Å². The average molecular weight is 479 g/mol. The maximum absolute atomic E-state index is 12.8. The van der Waals surface area contributed by atoms with Crippen LogP contribution in [0.15, 0.2) is 42.5 Å². The number of ether oxygens (including phenoxy) is 3. The second-order valence-corrected chi connectivity index (χ2v) is 8.23. The van der Waals surface area contributed by atoms with E-state index in [2.05, 4.69) is 11.4 Å².